The molecule has 0 unspecified atom stereocenters. The van der Waals surface area contributed by atoms with Gasteiger partial charge in [0.15, 0.2) is 0 Å². The van der Waals surface area contributed by atoms with Gasteiger partial charge < -0.3 is 10.2 Å². The van der Waals surface area contributed by atoms with Crippen LogP contribution in [0.5, 0.6) is 0 Å². The Bertz CT molecular complexity index is 1170. The highest BCUT2D eigenvalue weighted by Crippen LogP contribution is 2.31. The van der Waals surface area contributed by atoms with Gasteiger partial charge in [0.25, 0.3) is 0 Å². The van der Waals surface area contributed by atoms with E-state index in [9.17, 15) is 18.0 Å². The van der Waals surface area contributed by atoms with Crippen LogP contribution in [0.2, 0.25) is 10.0 Å². The van der Waals surface area contributed by atoms with E-state index in [2.05, 4.69) is 5.32 Å². The summed E-state index contributed by atoms with van der Waals surface area (Å²) < 4.78 is 26.1. The summed E-state index contributed by atoms with van der Waals surface area (Å²) in [6, 6.07) is 11.7. The number of amides is 2. The fourth-order valence-electron chi connectivity index (χ4n) is 3.71. The van der Waals surface area contributed by atoms with Crippen LogP contribution in [0.3, 0.4) is 0 Å². The molecular formula is C26H35Cl2N3O4S. The molecule has 0 bridgehead atoms. The van der Waals surface area contributed by atoms with E-state index < -0.39 is 16.1 Å². The van der Waals surface area contributed by atoms with Crippen molar-refractivity contribution in [1.82, 2.24) is 10.2 Å². The van der Waals surface area contributed by atoms with Crippen molar-refractivity contribution in [2.24, 2.45) is 0 Å². The zero-order chi connectivity index (χ0) is 27.0. The number of nitrogens with one attached hydrogen (secondary N) is 1. The summed E-state index contributed by atoms with van der Waals surface area (Å²) in [4.78, 5) is 27.8. The van der Waals surface area contributed by atoms with E-state index in [-0.39, 0.29) is 54.5 Å². The third kappa shape index (κ3) is 8.68. The maximum Gasteiger partial charge on any atom is 0.242 e. The minimum Gasteiger partial charge on any atom is -0.352 e. The first-order valence-corrected chi connectivity index (χ1v) is 14.5. The molecule has 0 aliphatic rings. The number of carbonyl (C=O) groups is 2. The van der Waals surface area contributed by atoms with Crippen LogP contribution in [0.15, 0.2) is 42.5 Å². The van der Waals surface area contributed by atoms with E-state index in [0.29, 0.717) is 5.02 Å². The average molecular weight is 557 g/mol. The lowest BCUT2D eigenvalue weighted by Gasteiger charge is -2.30. The van der Waals surface area contributed by atoms with Gasteiger partial charge in [0, 0.05) is 30.6 Å². The summed E-state index contributed by atoms with van der Waals surface area (Å²) in [5.74, 6) is -0.470. The molecule has 36 heavy (non-hydrogen) atoms. The number of rotatable bonds is 12. The predicted octanol–water partition coefficient (Wildman–Crippen LogP) is 5.18. The summed E-state index contributed by atoms with van der Waals surface area (Å²) in [5, 5.41) is 3.54. The topological polar surface area (TPSA) is 86.8 Å². The summed E-state index contributed by atoms with van der Waals surface area (Å²) >= 11 is 12.3. The molecule has 198 valence electrons. The van der Waals surface area contributed by atoms with Gasteiger partial charge in [0.1, 0.15) is 6.04 Å². The standard InChI is InChI=1S/C26H35Cl2N3O4S/c1-6-19(3)29-26(33)20(4)30(17-21-10-7-9-18(2)15-21)25(32)11-8-14-31(36(5,34)35)24-16-22(27)12-13-23(24)28/h7,9-10,12-13,15-16,19-20H,6,8,11,14,17H2,1-5H3,(H,29,33)/t19-,20+/m1/s1. The molecule has 2 amide bonds. The third-order valence-corrected chi connectivity index (χ3v) is 7.67. The second-order valence-corrected chi connectivity index (χ2v) is 11.8. The normalized spacial score (nSPS) is 13.1. The Morgan fingerprint density at radius 1 is 1.08 bits per heavy atom. The molecule has 0 aliphatic heterocycles. The van der Waals surface area contributed by atoms with Gasteiger partial charge >= 0.3 is 0 Å². The molecule has 0 saturated carbocycles. The molecule has 0 heterocycles. The highest BCUT2D eigenvalue weighted by atomic mass is 35.5. The summed E-state index contributed by atoms with van der Waals surface area (Å²) in [6.07, 6.45) is 2.14. The second-order valence-electron chi connectivity index (χ2n) is 9.04. The molecule has 2 atom stereocenters. The fraction of sp³-hybridized carbons (Fsp3) is 0.462. The SMILES string of the molecule is CC[C@@H](C)NC(=O)[C@H](C)N(Cc1cccc(C)c1)C(=O)CCCN(c1cc(Cl)ccc1Cl)S(C)(=O)=O. The van der Waals surface area contributed by atoms with E-state index in [0.717, 1.165) is 28.1 Å². The molecule has 0 radical (unpaired) electrons. The molecule has 0 saturated heterocycles. The zero-order valence-electron chi connectivity index (χ0n) is 21.4. The van der Waals surface area contributed by atoms with Gasteiger partial charge in [-0.3, -0.25) is 13.9 Å². The number of sulfonamides is 1. The van der Waals surface area contributed by atoms with Crippen molar-refractivity contribution in [2.75, 3.05) is 17.1 Å². The Hall–Kier alpha value is -2.29. The lowest BCUT2D eigenvalue weighted by molar-refractivity contribution is -0.140. The van der Waals surface area contributed by atoms with Gasteiger partial charge in [0.05, 0.1) is 17.0 Å². The number of carbonyl (C=O) groups excluding carboxylic acids is 2. The van der Waals surface area contributed by atoms with Gasteiger partial charge in [-0.25, -0.2) is 8.42 Å². The van der Waals surface area contributed by atoms with E-state index in [4.69, 9.17) is 23.2 Å². The molecule has 2 aromatic carbocycles. The van der Waals surface area contributed by atoms with Gasteiger partial charge in [0.2, 0.25) is 21.8 Å². The monoisotopic (exact) mass is 555 g/mol. The Labute approximate surface area is 224 Å². The number of benzene rings is 2. The molecule has 0 aromatic heterocycles. The summed E-state index contributed by atoms with van der Waals surface area (Å²) in [7, 11) is -3.67. The first-order chi connectivity index (χ1) is 16.8. The molecule has 0 fully saturated rings. The van der Waals surface area contributed by atoms with Crippen LogP contribution >= 0.6 is 23.2 Å². The number of halogens is 2. The Morgan fingerprint density at radius 2 is 1.78 bits per heavy atom. The molecule has 10 heteroatoms. The summed E-state index contributed by atoms with van der Waals surface area (Å²) in [6.45, 7) is 7.88. The Morgan fingerprint density at radius 3 is 2.39 bits per heavy atom. The Kier molecular flexibility index (Phi) is 11.1. The quantitative estimate of drug-likeness (QED) is 0.391. The van der Waals surface area contributed by atoms with Gasteiger partial charge in [-0.05, 0) is 57.4 Å². The van der Waals surface area contributed by atoms with Crippen molar-refractivity contribution in [3.63, 3.8) is 0 Å². The number of hydrogen-bond donors (Lipinski definition) is 1. The minimum absolute atomic E-state index is 0.0124. The molecule has 0 aliphatic carbocycles. The minimum atomic E-state index is -3.67. The maximum atomic E-state index is 13.4. The number of nitrogens with zero attached hydrogens (tertiary/aromatic N) is 2. The van der Waals surface area contributed by atoms with Crippen molar-refractivity contribution in [1.29, 1.82) is 0 Å². The predicted molar refractivity (Wildman–Crippen MR) is 147 cm³/mol. The van der Waals surface area contributed by atoms with E-state index >= 15 is 0 Å². The van der Waals surface area contributed by atoms with Crippen molar-refractivity contribution >= 4 is 50.7 Å². The van der Waals surface area contributed by atoms with Crippen LogP contribution in [0.4, 0.5) is 5.69 Å². The van der Waals surface area contributed by atoms with E-state index in [1.807, 2.05) is 45.0 Å². The molecule has 7 nitrogen and oxygen atoms in total. The smallest absolute Gasteiger partial charge is 0.242 e. The van der Waals surface area contributed by atoms with Crippen LogP contribution in [0.1, 0.15) is 51.2 Å². The van der Waals surface area contributed by atoms with E-state index in [1.54, 1.807) is 17.9 Å². The lowest BCUT2D eigenvalue weighted by atomic mass is 10.1. The zero-order valence-corrected chi connectivity index (χ0v) is 23.8. The van der Waals surface area contributed by atoms with Crippen molar-refractivity contribution in [3.8, 4) is 0 Å². The van der Waals surface area contributed by atoms with E-state index in [1.165, 1.54) is 12.1 Å². The number of hydrogen-bond acceptors (Lipinski definition) is 4. The largest absolute Gasteiger partial charge is 0.352 e. The Balaban J connectivity index is 2.21. The highest BCUT2D eigenvalue weighted by Gasteiger charge is 2.27. The van der Waals surface area contributed by atoms with Crippen molar-refractivity contribution in [2.45, 2.75) is 65.6 Å². The van der Waals surface area contributed by atoms with Crippen LogP contribution in [-0.4, -0.2) is 50.0 Å². The number of aryl methyl sites for hydroxylation is 1. The van der Waals surface area contributed by atoms with Gasteiger partial charge in [-0.1, -0.05) is 60.0 Å². The molecule has 1 N–H and O–H groups in total. The van der Waals surface area contributed by atoms with Gasteiger partial charge in [-0.15, -0.1) is 0 Å². The second kappa shape index (κ2) is 13.3. The first kappa shape index (κ1) is 29.9. The molecule has 2 rings (SSSR count). The molecular weight excluding hydrogens is 521 g/mol. The molecule has 2 aromatic rings. The molecule has 0 spiro atoms. The first-order valence-electron chi connectivity index (χ1n) is 11.9. The summed E-state index contributed by atoms with van der Waals surface area (Å²) in [5.41, 5.74) is 2.23. The lowest BCUT2D eigenvalue weighted by Crippen LogP contribution is -2.49. The highest BCUT2D eigenvalue weighted by molar-refractivity contribution is 7.92. The van der Waals surface area contributed by atoms with Gasteiger partial charge in [-0.2, -0.15) is 0 Å². The fourth-order valence-corrected chi connectivity index (χ4v) is 5.12. The van der Waals surface area contributed by atoms with Crippen LogP contribution in [0, 0.1) is 6.92 Å². The maximum absolute atomic E-state index is 13.4. The average Bonchev–Trinajstić information content (AvgIpc) is 2.80. The van der Waals surface area contributed by atoms with Crippen LogP contribution in [-0.2, 0) is 26.2 Å². The van der Waals surface area contributed by atoms with Crippen molar-refractivity contribution < 1.29 is 18.0 Å². The van der Waals surface area contributed by atoms with Crippen molar-refractivity contribution in [3.05, 3.63) is 63.6 Å². The third-order valence-electron chi connectivity index (χ3n) is 5.93. The number of anilines is 1. The van der Waals surface area contributed by atoms with Crippen LogP contribution in [0.25, 0.3) is 0 Å². The van der Waals surface area contributed by atoms with Crippen LogP contribution < -0.4 is 9.62 Å².